The van der Waals surface area contributed by atoms with Gasteiger partial charge in [0.2, 0.25) is 0 Å². The molecule has 1 atom stereocenters. The average Bonchev–Trinajstić information content (AvgIpc) is 2.95. The number of amides is 1. The molecule has 7 nitrogen and oxygen atoms in total. The van der Waals surface area contributed by atoms with Gasteiger partial charge in [-0.3, -0.25) is 4.79 Å². The Hall–Kier alpha value is -1.61. The van der Waals surface area contributed by atoms with Crippen molar-refractivity contribution in [2.24, 2.45) is 0 Å². The summed E-state index contributed by atoms with van der Waals surface area (Å²) < 4.78 is 10.4. The Bertz CT molecular complexity index is 663. The van der Waals surface area contributed by atoms with Crippen LogP contribution < -0.4 is 4.74 Å². The van der Waals surface area contributed by atoms with E-state index in [1.165, 1.54) is 0 Å². The van der Waals surface area contributed by atoms with Crippen molar-refractivity contribution in [2.75, 3.05) is 13.1 Å². The molecule has 1 aliphatic rings. The Morgan fingerprint density at radius 1 is 1.45 bits per heavy atom. The van der Waals surface area contributed by atoms with Crippen LogP contribution in [0.25, 0.3) is 0 Å². The van der Waals surface area contributed by atoms with Crippen LogP contribution in [-0.2, 0) is 0 Å². The van der Waals surface area contributed by atoms with Crippen molar-refractivity contribution in [3.05, 3.63) is 27.4 Å². The van der Waals surface area contributed by atoms with Crippen LogP contribution in [0.2, 0.25) is 0 Å². The first-order chi connectivity index (χ1) is 10.6. The average molecular weight is 384 g/mol. The zero-order chi connectivity index (χ0) is 15.5. The zero-order valence-corrected chi connectivity index (χ0v) is 14.3. The molecule has 2 aromatic heterocycles. The van der Waals surface area contributed by atoms with Crippen LogP contribution >= 0.6 is 27.5 Å². The molecule has 0 radical (unpaired) electrons. The monoisotopic (exact) mass is 383 g/mol. The highest BCUT2D eigenvalue weighted by Crippen LogP contribution is 2.20. The van der Waals surface area contributed by atoms with Gasteiger partial charge in [0, 0.05) is 18.9 Å². The van der Waals surface area contributed by atoms with Gasteiger partial charge in [0.1, 0.15) is 11.0 Å². The van der Waals surface area contributed by atoms with Gasteiger partial charge < -0.3 is 9.64 Å². The third kappa shape index (κ3) is 3.41. The number of hydrogen-bond donors (Lipinski definition) is 0. The van der Waals surface area contributed by atoms with Crippen molar-refractivity contribution in [3.8, 4) is 6.01 Å². The number of likely N-dealkylation sites (tertiary alicyclic amines) is 1. The van der Waals surface area contributed by atoms with Crippen LogP contribution in [0.15, 0.2) is 16.9 Å². The second-order valence-electron chi connectivity index (χ2n) is 5.00. The number of ether oxygens (including phenoxy) is 1. The van der Waals surface area contributed by atoms with Crippen molar-refractivity contribution in [1.82, 2.24) is 24.5 Å². The smallest absolute Gasteiger partial charge is 0.316 e. The summed E-state index contributed by atoms with van der Waals surface area (Å²) in [6.45, 7) is 3.04. The zero-order valence-electron chi connectivity index (χ0n) is 11.9. The Morgan fingerprint density at radius 3 is 2.91 bits per heavy atom. The number of aromatic nitrogens is 4. The maximum absolute atomic E-state index is 12.5. The molecule has 1 fully saturated rings. The molecule has 0 aliphatic carbocycles. The molecule has 0 saturated carbocycles. The summed E-state index contributed by atoms with van der Waals surface area (Å²) in [7, 11) is 0. The quantitative estimate of drug-likeness (QED) is 0.806. The van der Waals surface area contributed by atoms with Crippen LogP contribution in [0, 0.1) is 6.92 Å². The van der Waals surface area contributed by atoms with E-state index in [1.54, 1.807) is 24.2 Å². The highest BCUT2D eigenvalue weighted by Gasteiger charge is 2.28. The number of aryl methyl sites for hydroxylation is 1. The molecule has 0 aromatic carbocycles. The lowest BCUT2D eigenvalue weighted by Gasteiger charge is -2.32. The van der Waals surface area contributed by atoms with Gasteiger partial charge in [-0.15, -0.1) is 5.10 Å². The van der Waals surface area contributed by atoms with Gasteiger partial charge in [0.25, 0.3) is 5.91 Å². The molecule has 1 aliphatic heterocycles. The van der Waals surface area contributed by atoms with Gasteiger partial charge in [0.05, 0.1) is 16.7 Å². The summed E-state index contributed by atoms with van der Waals surface area (Å²) >= 11 is 4.42. The lowest BCUT2D eigenvalue weighted by atomic mass is 10.1. The second-order valence-corrected chi connectivity index (χ2v) is 6.67. The van der Waals surface area contributed by atoms with Gasteiger partial charge in [-0.05, 0) is 47.2 Å². The predicted octanol–water partition coefficient (Wildman–Crippen LogP) is 2.08. The highest BCUT2D eigenvalue weighted by molar-refractivity contribution is 9.10. The molecule has 0 spiro atoms. The maximum atomic E-state index is 12.5. The van der Waals surface area contributed by atoms with E-state index >= 15 is 0 Å². The summed E-state index contributed by atoms with van der Waals surface area (Å²) in [5.74, 6) is -0.0301. The van der Waals surface area contributed by atoms with Crippen LogP contribution in [0.5, 0.6) is 6.01 Å². The topological polar surface area (TPSA) is 81.1 Å². The summed E-state index contributed by atoms with van der Waals surface area (Å²) in [6.07, 6.45) is 4.95. The van der Waals surface area contributed by atoms with E-state index in [0.29, 0.717) is 23.1 Å². The van der Waals surface area contributed by atoms with Crippen molar-refractivity contribution < 1.29 is 9.53 Å². The lowest BCUT2D eigenvalue weighted by molar-refractivity contribution is 0.0519. The summed E-state index contributed by atoms with van der Waals surface area (Å²) in [5.41, 5.74) is 0.675. The van der Waals surface area contributed by atoms with Crippen molar-refractivity contribution >= 4 is 33.4 Å². The van der Waals surface area contributed by atoms with E-state index in [0.717, 1.165) is 35.4 Å². The van der Waals surface area contributed by atoms with E-state index in [1.807, 2.05) is 0 Å². The Balaban J connectivity index is 1.65. The number of carbonyl (C=O) groups excluding carboxylic acids is 1. The molecule has 2 aromatic rings. The fraction of sp³-hybridized carbons (Fsp3) is 0.462. The second kappa shape index (κ2) is 6.66. The molecule has 0 bridgehead atoms. The summed E-state index contributed by atoms with van der Waals surface area (Å²) in [6, 6.07) is 0.332. The van der Waals surface area contributed by atoms with Crippen LogP contribution in [0.1, 0.15) is 28.2 Å². The SMILES string of the molecule is Cc1nnsc1C(=O)N1CCCC(Oc2ncc(Br)cn2)C1. The first-order valence-electron chi connectivity index (χ1n) is 6.86. The molecular weight excluding hydrogens is 370 g/mol. The fourth-order valence-electron chi connectivity index (χ4n) is 2.30. The van der Waals surface area contributed by atoms with E-state index in [2.05, 4.69) is 35.5 Å². The largest absolute Gasteiger partial charge is 0.458 e. The maximum Gasteiger partial charge on any atom is 0.316 e. The van der Waals surface area contributed by atoms with Crippen LogP contribution in [0.4, 0.5) is 0 Å². The van der Waals surface area contributed by atoms with E-state index in [4.69, 9.17) is 4.74 Å². The molecule has 0 N–H and O–H groups in total. The first-order valence-corrected chi connectivity index (χ1v) is 8.42. The number of rotatable bonds is 3. The van der Waals surface area contributed by atoms with Gasteiger partial charge in [-0.2, -0.15) is 0 Å². The van der Waals surface area contributed by atoms with E-state index in [-0.39, 0.29) is 12.0 Å². The number of carbonyl (C=O) groups is 1. The molecule has 9 heteroatoms. The van der Waals surface area contributed by atoms with Crippen molar-refractivity contribution in [1.29, 1.82) is 0 Å². The molecule has 22 heavy (non-hydrogen) atoms. The van der Waals surface area contributed by atoms with Crippen LogP contribution in [0.3, 0.4) is 0 Å². The number of hydrogen-bond acceptors (Lipinski definition) is 7. The van der Waals surface area contributed by atoms with Gasteiger partial charge >= 0.3 is 6.01 Å². The fourth-order valence-corrected chi connectivity index (χ4v) is 3.13. The molecule has 116 valence electrons. The Morgan fingerprint density at radius 2 is 2.23 bits per heavy atom. The number of piperidine rings is 1. The van der Waals surface area contributed by atoms with Gasteiger partial charge in [-0.25, -0.2) is 9.97 Å². The molecule has 3 heterocycles. The normalized spacial score (nSPS) is 18.3. The summed E-state index contributed by atoms with van der Waals surface area (Å²) in [5, 5.41) is 3.89. The standard InChI is InChI=1S/C13H14BrN5O2S/c1-8-11(22-18-17-8)12(20)19-4-2-3-10(7-19)21-13-15-5-9(14)6-16-13/h5-6,10H,2-4,7H2,1H3. The molecule has 3 rings (SSSR count). The molecular formula is C13H14BrN5O2S. The number of halogens is 1. The molecule has 1 unspecified atom stereocenters. The highest BCUT2D eigenvalue weighted by atomic mass is 79.9. The first kappa shape index (κ1) is 15.3. The summed E-state index contributed by atoms with van der Waals surface area (Å²) in [4.78, 5) is 23.1. The van der Waals surface area contributed by atoms with Crippen molar-refractivity contribution in [2.45, 2.75) is 25.9 Å². The van der Waals surface area contributed by atoms with Gasteiger partial charge in [0.15, 0.2) is 0 Å². The van der Waals surface area contributed by atoms with Crippen LogP contribution in [-0.4, -0.2) is 49.6 Å². The minimum atomic E-state index is -0.0972. The van der Waals surface area contributed by atoms with E-state index < -0.39 is 0 Å². The molecule has 1 saturated heterocycles. The third-order valence-corrected chi connectivity index (χ3v) is 4.61. The lowest BCUT2D eigenvalue weighted by Crippen LogP contribution is -2.44. The predicted molar refractivity (Wildman–Crippen MR) is 83.9 cm³/mol. The minimum Gasteiger partial charge on any atom is -0.458 e. The van der Waals surface area contributed by atoms with E-state index in [9.17, 15) is 4.79 Å². The third-order valence-electron chi connectivity index (χ3n) is 3.38. The Labute approximate surface area is 140 Å². The Kier molecular flexibility index (Phi) is 4.63. The number of nitrogens with zero attached hydrogens (tertiary/aromatic N) is 5. The molecule has 1 amide bonds. The van der Waals surface area contributed by atoms with Gasteiger partial charge in [-0.1, -0.05) is 4.49 Å². The van der Waals surface area contributed by atoms with Crippen molar-refractivity contribution in [3.63, 3.8) is 0 Å². The minimum absolute atomic E-state index is 0.0301.